The molecule has 1 unspecified atom stereocenters. The van der Waals surface area contributed by atoms with Crippen molar-refractivity contribution in [2.75, 3.05) is 26.2 Å². The summed E-state index contributed by atoms with van der Waals surface area (Å²) in [6.45, 7) is 8.12. The monoisotopic (exact) mass is 368 g/mol. The van der Waals surface area contributed by atoms with Crippen molar-refractivity contribution in [2.24, 2.45) is 5.92 Å². The number of unbranched alkanes of at least 4 members (excludes halogenated alkanes) is 1. The lowest BCUT2D eigenvalue weighted by Crippen LogP contribution is -2.35. The van der Waals surface area contributed by atoms with Gasteiger partial charge in [0.1, 0.15) is 23.0 Å². The molecular formula is C21H28N4O2. The van der Waals surface area contributed by atoms with Crippen molar-refractivity contribution >= 4 is 5.91 Å². The van der Waals surface area contributed by atoms with Crippen LogP contribution in [0.2, 0.25) is 0 Å². The minimum atomic E-state index is -0.238. The summed E-state index contributed by atoms with van der Waals surface area (Å²) < 4.78 is 7.40. The van der Waals surface area contributed by atoms with Gasteiger partial charge in [0.15, 0.2) is 0 Å². The molecular weight excluding hydrogens is 340 g/mol. The minimum Gasteiger partial charge on any atom is -0.443 e. The molecule has 1 amide bonds. The first kappa shape index (κ1) is 19.2. The van der Waals surface area contributed by atoms with Gasteiger partial charge in [-0.1, -0.05) is 6.92 Å². The molecule has 1 aliphatic heterocycles. The van der Waals surface area contributed by atoms with Crippen LogP contribution in [0.4, 0.5) is 0 Å². The number of nitriles is 1. The van der Waals surface area contributed by atoms with Crippen LogP contribution in [0.25, 0.3) is 5.88 Å². The van der Waals surface area contributed by atoms with Crippen LogP contribution < -0.4 is 5.32 Å². The standard InChI is InChI=1S/C21H28N4O2/c1-16-8-7-11-24(15-16)10-4-3-9-23-20(26)19-17(2)27-21(18(19)14-22)25-12-5-6-13-25/h5-6,12-13,16H,3-4,7-11,15H2,1-2H3,(H,23,26). The van der Waals surface area contributed by atoms with Crippen molar-refractivity contribution in [2.45, 2.75) is 39.5 Å². The predicted molar refractivity (Wildman–Crippen MR) is 104 cm³/mol. The largest absolute Gasteiger partial charge is 0.443 e. The Balaban J connectivity index is 1.52. The molecule has 1 saturated heterocycles. The molecule has 2 aromatic rings. The van der Waals surface area contributed by atoms with Crippen molar-refractivity contribution < 1.29 is 9.21 Å². The van der Waals surface area contributed by atoms with Crippen LogP contribution in [0.3, 0.4) is 0 Å². The molecule has 3 heterocycles. The molecule has 1 N–H and O–H groups in total. The van der Waals surface area contributed by atoms with Gasteiger partial charge in [-0.25, -0.2) is 0 Å². The highest BCUT2D eigenvalue weighted by Gasteiger charge is 2.24. The highest BCUT2D eigenvalue weighted by molar-refractivity contribution is 5.98. The fraction of sp³-hybridized carbons (Fsp3) is 0.524. The Kier molecular flexibility index (Phi) is 6.36. The zero-order valence-corrected chi connectivity index (χ0v) is 16.2. The van der Waals surface area contributed by atoms with Gasteiger partial charge in [0.05, 0.1) is 0 Å². The number of piperidine rings is 1. The molecule has 6 nitrogen and oxygen atoms in total. The van der Waals surface area contributed by atoms with E-state index in [4.69, 9.17) is 4.42 Å². The molecule has 1 fully saturated rings. The third-order valence-electron chi connectivity index (χ3n) is 5.17. The average Bonchev–Trinajstić information content (AvgIpc) is 3.28. The number of aryl methyl sites for hydroxylation is 1. The number of aromatic nitrogens is 1. The van der Waals surface area contributed by atoms with E-state index in [9.17, 15) is 10.1 Å². The number of carbonyl (C=O) groups is 1. The Morgan fingerprint density at radius 1 is 1.37 bits per heavy atom. The summed E-state index contributed by atoms with van der Waals surface area (Å²) in [6.07, 6.45) is 8.21. The third-order valence-corrected chi connectivity index (χ3v) is 5.17. The molecule has 0 aromatic carbocycles. The van der Waals surface area contributed by atoms with E-state index in [1.54, 1.807) is 23.9 Å². The molecule has 0 saturated carbocycles. The zero-order valence-electron chi connectivity index (χ0n) is 16.2. The van der Waals surface area contributed by atoms with Crippen molar-refractivity contribution in [3.8, 4) is 12.0 Å². The van der Waals surface area contributed by atoms with Crippen LogP contribution in [0.5, 0.6) is 0 Å². The minimum absolute atomic E-state index is 0.238. The first-order valence-electron chi connectivity index (χ1n) is 9.77. The number of amides is 1. The summed E-state index contributed by atoms with van der Waals surface area (Å²) >= 11 is 0. The number of rotatable bonds is 7. The van der Waals surface area contributed by atoms with E-state index in [1.807, 2.05) is 12.1 Å². The Hall–Kier alpha value is -2.52. The number of hydrogen-bond acceptors (Lipinski definition) is 4. The fourth-order valence-corrected chi connectivity index (χ4v) is 3.80. The number of carbonyl (C=O) groups excluding carboxylic acids is 1. The Bertz CT molecular complexity index is 801. The van der Waals surface area contributed by atoms with Gasteiger partial charge in [0.25, 0.3) is 5.91 Å². The molecule has 144 valence electrons. The van der Waals surface area contributed by atoms with Crippen molar-refractivity contribution in [3.63, 3.8) is 0 Å². The summed E-state index contributed by atoms with van der Waals surface area (Å²) in [5.41, 5.74) is 0.620. The summed E-state index contributed by atoms with van der Waals surface area (Å²) in [4.78, 5) is 15.1. The van der Waals surface area contributed by atoms with Crippen molar-refractivity contribution in [1.29, 1.82) is 5.26 Å². The highest BCUT2D eigenvalue weighted by Crippen LogP contribution is 2.25. The van der Waals surface area contributed by atoms with E-state index in [0.29, 0.717) is 23.8 Å². The van der Waals surface area contributed by atoms with Crippen LogP contribution in [0, 0.1) is 24.2 Å². The summed E-state index contributed by atoms with van der Waals surface area (Å²) in [5, 5.41) is 12.5. The highest BCUT2D eigenvalue weighted by atomic mass is 16.4. The average molecular weight is 368 g/mol. The van der Waals surface area contributed by atoms with Gasteiger partial charge in [0.2, 0.25) is 5.88 Å². The molecule has 2 aromatic heterocycles. The second-order valence-corrected chi connectivity index (χ2v) is 7.43. The van der Waals surface area contributed by atoms with Gasteiger partial charge in [-0.15, -0.1) is 0 Å². The first-order chi connectivity index (χ1) is 13.1. The van der Waals surface area contributed by atoms with Gasteiger partial charge >= 0.3 is 0 Å². The number of furan rings is 1. The van der Waals surface area contributed by atoms with Gasteiger partial charge in [-0.2, -0.15) is 5.26 Å². The van der Waals surface area contributed by atoms with Gasteiger partial charge in [-0.05, 0) is 63.7 Å². The molecule has 6 heteroatoms. The third kappa shape index (κ3) is 4.61. The van der Waals surface area contributed by atoms with Gasteiger partial charge in [-0.3, -0.25) is 9.36 Å². The molecule has 0 bridgehead atoms. The molecule has 0 spiro atoms. The topological polar surface area (TPSA) is 74.2 Å². The molecule has 27 heavy (non-hydrogen) atoms. The van der Waals surface area contributed by atoms with E-state index < -0.39 is 0 Å². The second-order valence-electron chi connectivity index (χ2n) is 7.43. The molecule has 3 rings (SSSR count). The van der Waals surface area contributed by atoms with E-state index in [2.05, 4.69) is 23.2 Å². The maximum absolute atomic E-state index is 12.6. The van der Waals surface area contributed by atoms with E-state index >= 15 is 0 Å². The van der Waals surface area contributed by atoms with Crippen LogP contribution in [-0.2, 0) is 0 Å². The smallest absolute Gasteiger partial charge is 0.256 e. The maximum Gasteiger partial charge on any atom is 0.256 e. The zero-order chi connectivity index (χ0) is 19.2. The molecule has 1 atom stereocenters. The lowest BCUT2D eigenvalue weighted by Gasteiger charge is -2.30. The lowest BCUT2D eigenvalue weighted by molar-refractivity contribution is 0.0950. The van der Waals surface area contributed by atoms with Crippen molar-refractivity contribution in [1.82, 2.24) is 14.8 Å². The van der Waals surface area contributed by atoms with Gasteiger partial charge < -0.3 is 14.6 Å². The number of likely N-dealkylation sites (tertiary alicyclic amines) is 1. The fourth-order valence-electron chi connectivity index (χ4n) is 3.80. The first-order valence-corrected chi connectivity index (χ1v) is 9.77. The number of nitrogens with one attached hydrogen (secondary N) is 1. The molecule has 0 aliphatic carbocycles. The maximum atomic E-state index is 12.6. The summed E-state index contributed by atoms with van der Waals surface area (Å²) in [5.74, 6) is 1.42. The SMILES string of the molecule is Cc1oc(-n2cccc2)c(C#N)c1C(=O)NCCCCN1CCCC(C)C1. The van der Waals surface area contributed by atoms with E-state index in [0.717, 1.165) is 25.3 Å². The molecule has 0 radical (unpaired) electrons. The van der Waals surface area contributed by atoms with Crippen LogP contribution in [-0.4, -0.2) is 41.6 Å². The number of hydrogen-bond donors (Lipinski definition) is 1. The Morgan fingerprint density at radius 2 is 2.15 bits per heavy atom. The quantitative estimate of drug-likeness (QED) is 0.759. The van der Waals surface area contributed by atoms with Crippen molar-refractivity contribution in [3.05, 3.63) is 41.4 Å². The normalized spacial score (nSPS) is 17.6. The van der Waals surface area contributed by atoms with Gasteiger partial charge in [0, 0.05) is 25.5 Å². The molecule has 1 aliphatic rings. The van der Waals surface area contributed by atoms with Crippen LogP contribution >= 0.6 is 0 Å². The summed E-state index contributed by atoms with van der Waals surface area (Å²) in [7, 11) is 0. The van der Waals surface area contributed by atoms with E-state index in [1.165, 1.54) is 25.9 Å². The summed E-state index contributed by atoms with van der Waals surface area (Å²) in [6, 6.07) is 5.82. The van der Waals surface area contributed by atoms with Crippen LogP contribution in [0.15, 0.2) is 28.9 Å². The second kappa shape index (κ2) is 8.92. The van der Waals surface area contributed by atoms with Crippen LogP contribution in [0.1, 0.15) is 54.3 Å². The number of nitrogens with zero attached hydrogens (tertiary/aromatic N) is 3. The lowest BCUT2D eigenvalue weighted by atomic mass is 10.0. The Labute approximate surface area is 160 Å². The predicted octanol–water partition coefficient (Wildman–Crippen LogP) is 3.49. The Morgan fingerprint density at radius 3 is 2.85 bits per heavy atom. The van der Waals surface area contributed by atoms with E-state index in [-0.39, 0.29) is 11.5 Å².